The molecule has 30 heavy (non-hydrogen) atoms. The van der Waals surface area contributed by atoms with Gasteiger partial charge in [0.2, 0.25) is 5.88 Å². The lowest BCUT2D eigenvalue weighted by molar-refractivity contribution is 0.0900. The van der Waals surface area contributed by atoms with E-state index in [9.17, 15) is 13.6 Å². The van der Waals surface area contributed by atoms with Crippen molar-refractivity contribution >= 4 is 23.4 Å². The van der Waals surface area contributed by atoms with Crippen molar-refractivity contribution < 1.29 is 23.0 Å². The van der Waals surface area contributed by atoms with Crippen LogP contribution in [0.15, 0.2) is 60.8 Å². The molecule has 1 aromatic heterocycles. The molecule has 1 aliphatic rings. The minimum atomic E-state index is -0.823. The van der Waals surface area contributed by atoms with E-state index < -0.39 is 29.9 Å². The quantitative estimate of drug-likeness (QED) is 0.538. The second-order valence-electron chi connectivity index (χ2n) is 6.90. The number of halogens is 3. The largest absolute Gasteiger partial charge is 0.474 e. The average molecular weight is 431 g/mol. The van der Waals surface area contributed by atoms with E-state index in [4.69, 9.17) is 21.1 Å². The van der Waals surface area contributed by atoms with Crippen molar-refractivity contribution in [3.8, 4) is 5.88 Å². The minimum absolute atomic E-state index is 0.0465. The number of cyclic esters (lactones) is 1. The summed E-state index contributed by atoms with van der Waals surface area (Å²) in [5.41, 5.74) is 1.68. The van der Waals surface area contributed by atoms with Gasteiger partial charge in [-0.25, -0.2) is 18.6 Å². The van der Waals surface area contributed by atoms with Crippen LogP contribution in [0.1, 0.15) is 17.2 Å². The molecule has 5 nitrogen and oxygen atoms in total. The third kappa shape index (κ3) is 4.21. The standard InChI is InChI=1S/C22H17ClF2N2O3/c1-13-6-7-26-20(8-13)29-12-19-21(14-9-16(24)11-17(25)10-14)27(22(28)30-19)18-4-2-15(23)3-5-18/h2-11,19,21H,12H2,1H3/t19-,21-/m0/s1. The highest BCUT2D eigenvalue weighted by Crippen LogP contribution is 2.38. The first-order valence-electron chi connectivity index (χ1n) is 9.17. The van der Waals surface area contributed by atoms with E-state index in [1.807, 2.05) is 13.0 Å². The molecule has 1 fully saturated rings. The van der Waals surface area contributed by atoms with Gasteiger partial charge in [-0.1, -0.05) is 11.6 Å². The van der Waals surface area contributed by atoms with Crippen LogP contribution in [0.25, 0.3) is 0 Å². The number of rotatable bonds is 5. The number of benzene rings is 2. The van der Waals surface area contributed by atoms with Gasteiger partial charge in [0.15, 0.2) is 6.10 Å². The molecule has 2 aromatic carbocycles. The molecule has 4 rings (SSSR count). The number of hydrogen-bond donors (Lipinski definition) is 0. The SMILES string of the molecule is Cc1ccnc(OC[C@@H]2OC(=O)N(c3ccc(Cl)cc3)[C@H]2c2cc(F)cc(F)c2)c1. The number of hydrogen-bond acceptors (Lipinski definition) is 4. The molecule has 3 aromatic rings. The van der Waals surface area contributed by atoms with Crippen molar-refractivity contribution in [2.24, 2.45) is 0 Å². The number of ether oxygens (including phenoxy) is 2. The summed E-state index contributed by atoms with van der Waals surface area (Å²) >= 11 is 5.95. The summed E-state index contributed by atoms with van der Waals surface area (Å²) in [6.07, 6.45) is 0.125. The topological polar surface area (TPSA) is 51.7 Å². The van der Waals surface area contributed by atoms with Gasteiger partial charge in [-0.05, 0) is 60.5 Å². The lowest BCUT2D eigenvalue weighted by Crippen LogP contribution is -2.32. The molecule has 1 saturated heterocycles. The fraction of sp³-hybridized carbons (Fsp3) is 0.182. The van der Waals surface area contributed by atoms with Gasteiger partial charge in [0, 0.05) is 29.0 Å². The van der Waals surface area contributed by atoms with E-state index >= 15 is 0 Å². The Morgan fingerprint density at radius 2 is 1.80 bits per heavy atom. The Kier molecular flexibility index (Phi) is 5.55. The molecular formula is C22H17ClF2N2O3. The predicted octanol–water partition coefficient (Wildman–Crippen LogP) is 5.47. The number of aryl methyl sites for hydroxylation is 1. The van der Waals surface area contributed by atoms with E-state index in [1.54, 1.807) is 36.5 Å². The zero-order chi connectivity index (χ0) is 21.3. The molecule has 0 N–H and O–H groups in total. The van der Waals surface area contributed by atoms with Gasteiger partial charge in [0.05, 0.1) is 0 Å². The van der Waals surface area contributed by atoms with Crippen LogP contribution in [0, 0.1) is 18.6 Å². The summed E-state index contributed by atoms with van der Waals surface area (Å²) in [5, 5.41) is 0.491. The normalized spacial score (nSPS) is 18.4. The molecule has 2 heterocycles. The number of carbonyl (C=O) groups is 1. The number of amides is 1. The van der Waals surface area contributed by atoms with E-state index in [2.05, 4.69) is 4.98 Å². The molecule has 154 valence electrons. The first-order valence-corrected chi connectivity index (χ1v) is 9.55. The minimum Gasteiger partial charge on any atom is -0.474 e. The summed E-state index contributed by atoms with van der Waals surface area (Å²) in [4.78, 5) is 18.2. The Morgan fingerprint density at radius 3 is 2.47 bits per heavy atom. The summed E-state index contributed by atoms with van der Waals surface area (Å²) in [6.45, 7) is 1.85. The van der Waals surface area contributed by atoms with Crippen molar-refractivity contribution in [3.63, 3.8) is 0 Å². The molecule has 0 bridgehead atoms. The molecule has 8 heteroatoms. The van der Waals surface area contributed by atoms with E-state index in [-0.39, 0.29) is 12.2 Å². The van der Waals surface area contributed by atoms with Crippen molar-refractivity contribution in [1.29, 1.82) is 0 Å². The molecule has 2 atom stereocenters. The second kappa shape index (κ2) is 8.28. The molecule has 0 spiro atoms. The van der Waals surface area contributed by atoms with Gasteiger partial charge in [-0.15, -0.1) is 0 Å². The van der Waals surface area contributed by atoms with Crippen LogP contribution in [-0.2, 0) is 4.74 Å². The molecule has 0 aliphatic carbocycles. The average Bonchev–Trinajstić information content (AvgIpc) is 3.02. The summed E-state index contributed by atoms with van der Waals surface area (Å²) < 4.78 is 39.1. The highest BCUT2D eigenvalue weighted by molar-refractivity contribution is 6.30. The molecule has 0 saturated carbocycles. The zero-order valence-corrected chi connectivity index (χ0v) is 16.6. The van der Waals surface area contributed by atoms with Gasteiger partial charge >= 0.3 is 6.09 Å². The van der Waals surface area contributed by atoms with Gasteiger partial charge < -0.3 is 9.47 Å². The molecule has 1 aliphatic heterocycles. The van der Waals surface area contributed by atoms with Crippen LogP contribution in [0.5, 0.6) is 5.88 Å². The van der Waals surface area contributed by atoms with Gasteiger partial charge in [0.1, 0.15) is 24.3 Å². The number of anilines is 1. The van der Waals surface area contributed by atoms with Crippen LogP contribution < -0.4 is 9.64 Å². The van der Waals surface area contributed by atoms with Gasteiger partial charge in [0.25, 0.3) is 0 Å². The summed E-state index contributed by atoms with van der Waals surface area (Å²) in [5.74, 6) is -1.14. The Hall–Kier alpha value is -3.19. The van der Waals surface area contributed by atoms with Crippen molar-refractivity contribution in [2.45, 2.75) is 19.1 Å². The Balaban J connectivity index is 1.69. The Labute approximate surface area is 176 Å². The van der Waals surface area contributed by atoms with Crippen LogP contribution in [0.3, 0.4) is 0 Å². The maximum Gasteiger partial charge on any atom is 0.415 e. The Bertz CT molecular complexity index is 1060. The van der Waals surface area contributed by atoms with E-state index in [0.717, 1.165) is 11.6 Å². The smallest absolute Gasteiger partial charge is 0.415 e. The predicted molar refractivity (Wildman–Crippen MR) is 108 cm³/mol. The van der Waals surface area contributed by atoms with Crippen LogP contribution >= 0.6 is 11.6 Å². The van der Waals surface area contributed by atoms with Gasteiger partial charge in [-0.3, -0.25) is 4.90 Å². The number of aromatic nitrogens is 1. The highest BCUT2D eigenvalue weighted by Gasteiger charge is 2.44. The number of carbonyl (C=O) groups excluding carboxylic acids is 1. The first-order chi connectivity index (χ1) is 14.4. The van der Waals surface area contributed by atoms with Crippen molar-refractivity contribution in [1.82, 2.24) is 4.98 Å². The molecule has 0 radical (unpaired) electrons. The fourth-order valence-electron chi connectivity index (χ4n) is 3.39. The monoisotopic (exact) mass is 430 g/mol. The third-order valence-electron chi connectivity index (χ3n) is 4.70. The molecule has 1 amide bonds. The molecular weight excluding hydrogens is 414 g/mol. The van der Waals surface area contributed by atoms with Gasteiger partial charge in [-0.2, -0.15) is 0 Å². The maximum atomic E-state index is 13.9. The number of nitrogens with zero attached hydrogens (tertiary/aromatic N) is 2. The fourth-order valence-corrected chi connectivity index (χ4v) is 3.51. The summed E-state index contributed by atoms with van der Waals surface area (Å²) in [6, 6.07) is 12.4. The lowest BCUT2D eigenvalue weighted by atomic mass is 10.00. The molecule has 0 unspecified atom stereocenters. The lowest BCUT2D eigenvalue weighted by Gasteiger charge is -2.25. The highest BCUT2D eigenvalue weighted by atomic mass is 35.5. The summed E-state index contributed by atoms with van der Waals surface area (Å²) in [7, 11) is 0. The third-order valence-corrected chi connectivity index (χ3v) is 4.95. The van der Waals surface area contributed by atoms with E-state index in [1.165, 1.54) is 17.0 Å². The van der Waals surface area contributed by atoms with Crippen molar-refractivity contribution in [3.05, 3.63) is 88.6 Å². The van der Waals surface area contributed by atoms with E-state index in [0.29, 0.717) is 16.6 Å². The second-order valence-corrected chi connectivity index (χ2v) is 7.34. The zero-order valence-electron chi connectivity index (χ0n) is 15.9. The van der Waals surface area contributed by atoms with Crippen LogP contribution in [0.2, 0.25) is 5.02 Å². The number of pyridine rings is 1. The van der Waals surface area contributed by atoms with Crippen molar-refractivity contribution in [2.75, 3.05) is 11.5 Å². The maximum absolute atomic E-state index is 13.9. The van der Waals surface area contributed by atoms with Crippen LogP contribution in [-0.4, -0.2) is 23.8 Å². The first kappa shape index (κ1) is 20.1. The Morgan fingerprint density at radius 1 is 1.10 bits per heavy atom. The van der Waals surface area contributed by atoms with Crippen LogP contribution in [0.4, 0.5) is 19.3 Å².